The molecule has 2 fully saturated rings. The Hall–Kier alpha value is -4.06. The number of carbonyl (C=O) groups is 5. The molecule has 2 aromatic rings. The van der Waals surface area contributed by atoms with E-state index in [1.807, 2.05) is 30.3 Å². The molecule has 2 saturated heterocycles. The maximum Gasteiger partial charge on any atom is 0.246 e. The van der Waals surface area contributed by atoms with E-state index < -0.39 is 48.0 Å². The molecule has 0 saturated carbocycles. The second-order valence-corrected chi connectivity index (χ2v) is 11.1. The van der Waals surface area contributed by atoms with Crippen molar-refractivity contribution >= 4 is 29.4 Å². The Morgan fingerprint density at radius 3 is 2.38 bits per heavy atom. The number of fused-ring (bicyclic) bond motifs is 1. The van der Waals surface area contributed by atoms with Gasteiger partial charge in [-0.25, -0.2) is 4.98 Å². The number of imidazole rings is 1. The van der Waals surface area contributed by atoms with Crippen molar-refractivity contribution in [3.05, 3.63) is 54.1 Å². The van der Waals surface area contributed by atoms with Crippen LogP contribution in [0.4, 0.5) is 0 Å². The van der Waals surface area contributed by atoms with Crippen molar-refractivity contribution in [2.75, 3.05) is 6.54 Å². The molecule has 0 bridgehead atoms. The standard InChI is InChI=1S/C30H40N6O6/c1-19(37)26(38)13-7-3-6-11-22-27(39)34-23(16-21-17-31-18-32-21)28(40)35-24(15-20-9-4-2-5-10-20)30(42)36-14-8-12-25(36)29(41)33-22/h2,4-5,9-10,17-19,22-25,37H,3,6-8,11-16H2,1H3,(H,31,32)(H,33,41)(H,34,39)(H,35,40)/t19-,22-,23-,24-,25+/m0/s1. The maximum atomic E-state index is 13.8. The first-order valence-corrected chi connectivity index (χ1v) is 14.7. The molecule has 4 amide bonds. The predicted molar refractivity (Wildman–Crippen MR) is 153 cm³/mol. The lowest BCUT2D eigenvalue weighted by Crippen LogP contribution is -2.62. The average molecular weight is 581 g/mol. The van der Waals surface area contributed by atoms with E-state index in [2.05, 4.69) is 25.9 Å². The van der Waals surface area contributed by atoms with Gasteiger partial charge >= 0.3 is 0 Å². The lowest BCUT2D eigenvalue weighted by Gasteiger charge is -2.32. The van der Waals surface area contributed by atoms with Crippen molar-refractivity contribution in [2.45, 2.75) is 95.0 Å². The highest BCUT2D eigenvalue weighted by molar-refractivity contribution is 5.98. The van der Waals surface area contributed by atoms with E-state index in [0.717, 1.165) is 5.56 Å². The Morgan fingerprint density at radius 2 is 1.67 bits per heavy atom. The van der Waals surface area contributed by atoms with E-state index in [4.69, 9.17) is 0 Å². The quantitative estimate of drug-likeness (QED) is 0.241. The van der Waals surface area contributed by atoms with Gasteiger partial charge in [-0.05, 0) is 38.2 Å². The van der Waals surface area contributed by atoms with Gasteiger partial charge in [0.1, 0.15) is 30.3 Å². The Labute approximate surface area is 245 Å². The summed E-state index contributed by atoms with van der Waals surface area (Å²) in [6, 6.07) is 5.70. The van der Waals surface area contributed by atoms with Gasteiger partial charge in [0.05, 0.1) is 6.33 Å². The Kier molecular flexibility index (Phi) is 10.8. The van der Waals surface area contributed by atoms with Crippen molar-refractivity contribution in [1.82, 2.24) is 30.8 Å². The van der Waals surface area contributed by atoms with E-state index in [1.165, 1.54) is 18.2 Å². The number of amides is 4. The fourth-order valence-electron chi connectivity index (χ4n) is 5.49. The van der Waals surface area contributed by atoms with Crippen LogP contribution in [0, 0.1) is 0 Å². The lowest BCUT2D eigenvalue weighted by molar-refractivity contribution is -0.143. The number of hydrogen-bond acceptors (Lipinski definition) is 7. The number of benzene rings is 1. The fraction of sp³-hybridized carbons (Fsp3) is 0.533. The molecule has 226 valence electrons. The summed E-state index contributed by atoms with van der Waals surface area (Å²) < 4.78 is 0. The minimum absolute atomic E-state index is 0.109. The van der Waals surface area contributed by atoms with Crippen LogP contribution < -0.4 is 16.0 Å². The first-order valence-electron chi connectivity index (χ1n) is 14.7. The average Bonchev–Trinajstić information content (AvgIpc) is 3.67. The number of aromatic nitrogens is 2. The molecular formula is C30H40N6O6. The number of nitrogens with zero attached hydrogens (tertiary/aromatic N) is 2. The molecule has 5 atom stereocenters. The third-order valence-electron chi connectivity index (χ3n) is 7.86. The monoisotopic (exact) mass is 580 g/mol. The molecule has 2 aliphatic rings. The lowest BCUT2D eigenvalue weighted by atomic mass is 10.0. The van der Waals surface area contributed by atoms with Gasteiger partial charge in [0.15, 0.2) is 5.78 Å². The molecule has 12 nitrogen and oxygen atoms in total. The number of aliphatic hydroxyl groups is 1. The van der Waals surface area contributed by atoms with Crippen LogP contribution in [0.25, 0.3) is 0 Å². The van der Waals surface area contributed by atoms with E-state index in [9.17, 15) is 29.1 Å². The SMILES string of the molecule is C[C@H](O)C(=O)CCCCC[C@@H]1NC(=O)[C@H]2CCCN2C(=O)[C@H](Cc2ccccc2)NC(=O)[C@H](Cc2cnc[nH]2)NC1=O. The molecule has 42 heavy (non-hydrogen) atoms. The number of aliphatic hydroxyl groups excluding tert-OH is 1. The van der Waals surface area contributed by atoms with Gasteiger partial charge in [-0.15, -0.1) is 0 Å². The summed E-state index contributed by atoms with van der Waals surface area (Å²) in [5.74, 6) is -1.99. The molecule has 0 spiro atoms. The van der Waals surface area contributed by atoms with Crippen molar-refractivity contribution < 1.29 is 29.1 Å². The number of Topliss-reactive ketones (excluding diaryl/α,β-unsaturated/α-hetero) is 1. The zero-order valence-electron chi connectivity index (χ0n) is 23.9. The van der Waals surface area contributed by atoms with Gasteiger partial charge in [-0.2, -0.15) is 0 Å². The van der Waals surface area contributed by atoms with Gasteiger partial charge in [0, 0.05) is 37.7 Å². The summed E-state index contributed by atoms with van der Waals surface area (Å²) >= 11 is 0. The van der Waals surface area contributed by atoms with Crippen LogP contribution in [0.15, 0.2) is 42.9 Å². The number of H-pyrrole nitrogens is 1. The van der Waals surface area contributed by atoms with Crippen molar-refractivity contribution in [3.63, 3.8) is 0 Å². The molecule has 3 heterocycles. The zero-order chi connectivity index (χ0) is 30.1. The van der Waals surface area contributed by atoms with Gasteiger partial charge in [0.2, 0.25) is 23.6 Å². The van der Waals surface area contributed by atoms with Gasteiger partial charge in [-0.3, -0.25) is 24.0 Å². The van der Waals surface area contributed by atoms with Crippen molar-refractivity contribution in [3.8, 4) is 0 Å². The van der Waals surface area contributed by atoms with E-state index >= 15 is 0 Å². The minimum Gasteiger partial charge on any atom is -0.386 e. The predicted octanol–water partition coefficient (Wildman–Crippen LogP) is 0.554. The maximum absolute atomic E-state index is 13.8. The Bertz CT molecular complexity index is 1230. The third kappa shape index (κ3) is 8.25. The van der Waals surface area contributed by atoms with Crippen LogP contribution in [0.5, 0.6) is 0 Å². The summed E-state index contributed by atoms with van der Waals surface area (Å²) in [5.41, 5.74) is 1.48. The molecular weight excluding hydrogens is 540 g/mol. The molecule has 12 heteroatoms. The number of rotatable bonds is 11. The van der Waals surface area contributed by atoms with Crippen LogP contribution in [0.3, 0.4) is 0 Å². The van der Waals surface area contributed by atoms with Gasteiger partial charge in [0.25, 0.3) is 0 Å². The Morgan fingerprint density at radius 1 is 0.952 bits per heavy atom. The molecule has 1 aromatic heterocycles. The molecule has 1 aromatic carbocycles. The first-order chi connectivity index (χ1) is 20.2. The number of unbranched alkanes of at least 4 members (excludes halogenated alkanes) is 2. The largest absolute Gasteiger partial charge is 0.386 e. The molecule has 4 rings (SSSR count). The fourth-order valence-corrected chi connectivity index (χ4v) is 5.49. The highest BCUT2D eigenvalue weighted by Gasteiger charge is 2.40. The smallest absolute Gasteiger partial charge is 0.246 e. The molecule has 0 aliphatic carbocycles. The summed E-state index contributed by atoms with van der Waals surface area (Å²) in [7, 11) is 0. The number of ketones is 1. The van der Waals surface area contributed by atoms with Crippen LogP contribution in [-0.2, 0) is 36.8 Å². The number of hydrogen-bond donors (Lipinski definition) is 5. The minimum atomic E-state index is -1.03. The van der Waals surface area contributed by atoms with E-state index in [0.29, 0.717) is 44.3 Å². The zero-order valence-corrected chi connectivity index (χ0v) is 23.9. The van der Waals surface area contributed by atoms with Crippen LogP contribution in [-0.4, -0.2) is 86.2 Å². The van der Waals surface area contributed by atoms with Crippen molar-refractivity contribution in [2.24, 2.45) is 0 Å². The summed E-state index contributed by atoms with van der Waals surface area (Å²) in [6.07, 6.45) is 5.69. The number of nitrogens with one attached hydrogen (secondary N) is 4. The van der Waals surface area contributed by atoms with E-state index in [-0.39, 0.29) is 37.4 Å². The van der Waals surface area contributed by atoms with Crippen molar-refractivity contribution in [1.29, 1.82) is 0 Å². The van der Waals surface area contributed by atoms with Gasteiger partial charge in [-0.1, -0.05) is 43.2 Å². The highest BCUT2D eigenvalue weighted by atomic mass is 16.3. The summed E-state index contributed by atoms with van der Waals surface area (Å²) in [5, 5.41) is 17.9. The summed E-state index contributed by atoms with van der Waals surface area (Å²) in [6.45, 7) is 1.81. The second-order valence-electron chi connectivity index (χ2n) is 11.1. The van der Waals surface area contributed by atoms with Crippen LogP contribution in [0.1, 0.15) is 63.1 Å². The highest BCUT2D eigenvalue weighted by Crippen LogP contribution is 2.21. The Balaban J connectivity index is 1.56. The van der Waals surface area contributed by atoms with Crippen LogP contribution >= 0.6 is 0 Å². The second kappa shape index (κ2) is 14.7. The first kappa shape index (κ1) is 30.9. The molecule has 0 unspecified atom stereocenters. The molecule has 0 radical (unpaired) electrons. The third-order valence-corrected chi connectivity index (χ3v) is 7.86. The number of aromatic amines is 1. The summed E-state index contributed by atoms with van der Waals surface area (Å²) in [4.78, 5) is 74.7. The number of carbonyl (C=O) groups excluding carboxylic acids is 5. The topological polar surface area (TPSA) is 174 Å². The van der Waals surface area contributed by atoms with Crippen LogP contribution in [0.2, 0.25) is 0 Å². The normalized spacial score (nSPS) is 24.1. The molecule has 2 aliphatic heterocycles. The van der Waals surface area contributed by atoms with E-state index in [1.54, 1.807) is 6.20 Å². The molecule has 5 N–H and O–H groups in total. The van der Waals surface area contributed by atoms with Gasteiger partial charge < -0.3 is 30.9 Å².